The predicted molar refractivity (Wildman–Crippen MR) is 99.8 cm³/mol. The maximum atomic E-state index is 12.5. The van der Waals surface area contributed by atoms with E-state index in [4.69, 9.17) is 0 Å². The minimum atomic E-state index is -2.72. The number of rotatable bonds is 16. The number of aliphatic hydroxyl groups excluding tert-OH is 2. The van der Waals surface area contributed by atoms with Crippen LogP contribution >= 0.6 is 0 Å². The molecular formula is C20H36O6. The molecule has 0 aliphatic heterocycles. The lowest BCUT2D eigenvalue weighted by molar-refractivity contribution is -0.174. The number of carbonyl (C=O) groups is 3. The second-order valence-corrected chi connectivity index (χ2v) is 6.99. The van der Waals surface area contributed by atoms with Crippen LogP contribution in [0.4, 0.5) is 0 Å². The van der Waals surface area contributed by atoms with Crippen molar-refractivity contribution in [2.75, 3.05) is 0 Å². The molecule has 26 heavy (non-hydrogen) atoms. The Morgan fingerprint density at radius 1 is 0.731 bits per heavy atom. The van der Waals surface area contributed by atoms with Gasteiger partial charge in [0.15, 0.2) is 17.3 Å². The minimum absolute atomic E-state index is 0.0370. The van der Waals surface area contributed by atoms with E-state index in [0.717, 1.165) is 25.7 Å². The first-order valence-corrected chi connectivity index (χ1v) is 9.95. The lowest BCUT2D eigenvalue weighted by atomic mass is 9.79. The van der Waals surface area contributed by atoms with Crippen molar-refractivity contribution in [1.82, 2.24) is 0 Å². The van der Waals surface area contributed by atoms with E-state index < -0.39 is 35.2 Å². The maximum Gasteiger partial charge on any atom is 0.210 e. The van der Waals surface area contributed by atoms with Gasteiger partial charge in [-0.15, -0.1) is 0 Å². The molecular weight excluding hydrogens is 336 g/mol. The molecule has 0 radical (unpaired) electrons. The van der Waals surface area contributed by atoms with Gasteiger partial charge in [0.25, 0.3) is 0 Å². The van der Waals surface area contributed by atoms with Gasteiger partial charge < -0.3 is 15.3 Å². The van der Waals surface area contributed by atoms with Gasteiger partial charge in [-0.3, -0.25) is 14.4 Å². The summed E-state index contributed by atoms with van der Waals surface area (Å²) in [6.45, 7) is 5.78. The smallest absolute Gasteiger partial charge is 0.210 e. The Balaban J connectivity index is 5.30. The van der Waals surface area contributed by atoms with Crippen LogP contribution in [-0.4, -0.2) is 50.5 Å². The molecule has 0 saturated carbocycles. The van der Waals surface area contributed by atoms with E-state index in [1.807, 2.05) is 20.8 Å². The third kappa shape index (κ3) is 7.25. The molecule has 0 aliphatic carbocycles. The van der Waals surface area contributed by atoms with Crippen LogP contribution in [-0.2, 0) is 14.4 Å². The molecule has 0 saturated heterocycles. The average molecular weight is 373 g/mol. The van der Waals surface area contributed by atoms with Crippen LogP contribution in [0.3, 0.4) is 0 Å². The number of hydrogen-bond acceptors (Lipinski definition) is 6. The van der Waals surface area contributed by atoms with Crippen LogP contribution in [0.25, 0.3) is 0 Å². The molecule has 6 heteroatoms. The number of unbranched alkanes of at least 4 members (excludes halogenated alkanes) is 5. The summed E-state index contributed by atoms with van der Waals surface area (Å²) in [4.78, 5) is 37.1. The Hall–Kier alpha value is -1.11. The van der Waals surface area contributed by atoms with Crippen molar-refractivity contribution in [2.45, 2.75) is 109 Å². The topological polar surface area (TPSA) is 112 Å². The second-order valence-electron chi connectivity index (χ2n) is 6.99. The molecule has 3 unspecified atom stereocenters. The summed E-state index contributed by atoms with van der Waals surface area (Å²) in [5.74, 6) is -2.30. The fourth-order valence-electron chi connectivity index (χ4n) is 2.84. The quantitative estimate of drug-likeness (QED) is 0.283. The summed E-state index contributed by atoms with van der Waals surface area (Å²) in [7, 11) is 0. The average Bonchev–Trinajstić information content (AvgIpc) is 2.64. The van der Waals surface area contributed by atoms with Gasteiger partial charge in [-0.25, -0.2) is 0 Å². The summed E-state index contributed by atoms with van der Waals surface area (Å²) in [5, 5.41) is 31.3. The van der Waals surface area contributed by atoms with Gasteiger partial charge in [0.1, 0.15) is 12.2 Å². The van der Waals surface area contributed by atoms with E-state index in [-0.39, 0.29) is 19.3 Å². The predicted octanol–water partition coefficient (Wildman–Crippen LogP) is 2.50. The highest BCUT2D eigenvalue weighted by Crippen LogP contribution is 2.24. The van der Waals surface area contributed by atoms with Gasteiger partial charge in [0.2, 0.25) is 5.60 Å². The molecule has 0 fully saturated rings. The lowest BCUT2D eigenvalue weighted by Gasteiger charge is -2.32. The Morgan fingerprint density at radius 3 is 1.62 bits per heavy atom. The normalized spacial score (nSPS) is 15.9. The fourth-order valence-corrected chi connectivity index (χ4v) is 2.84. The summed E-state index contributed by atoms with van der Waals surface area (Å²) in [6, 6.07) is 0. The SMILES string of the molecule is CCCCCC(=O)C(O)C(O)C(O)(C(=O)CCCC)C(=O)CCCCC. The zero-order chi connectivity index (χ0) is 20.2. The standard InChI is InChI=1S/C20H36O6/c1-4-7-10-12-15(21)18(24)19(25)20(26,16(22)13-9-6-3)17(23)14-11-8-5-2/h18-19,24-26H,4-14H2,1-3H3. The lowest BCUT2D eigenvalue weighted by Crippen LogP contribution is -2.61. The van der Waals surface area contributed by atoms with Crippen LogP contribution in [0, 0.1) is 0 Å². The van der Waals surface area contributed by atoms with Crippen LogP contribution < -0.4 is 0 Å². The first-order chi connectivity index (χ1) is 12.3. The van der Waals surface area contributed by atoms with E-state index in [1.54, 1.807) is 0 Å². The van der Waals surface area contributed by atoms with Gasteiger partial charge >= 0.3 is 0 Å². The minimum Gasteiger partial charge on any atom is -0.386 e. The number of ketones is 3. The molecule has 3 N–H and O–H groups in total. The molecule has 0 heterocycles. The highest BCUT2D eigenvalue weighted by atomic mass is 16.4. The largest absolute Gasteiger partial charge is 0.386 e. The molecule has 0 rings (SSSR count). The van der Waals surface area contributed by atoms with E-state index in [0.29, 0.717) is 25.7 Å². The van der Waals surface area contributed by atoms with Gasteiger partial charge in [0, 0.05) is 19.3 Å². The van der Waals surface area contributed by atoms with Gasteiger partial charge in [0.05, 0.1) is 0 Å². The van der Waals surface area contributed by atoms with E-state index in [1.165, 1.54) is 0 Å². The third-order valence-electron chi connectivity index (χ3n) is 4.70. The Labute approximate surface area is 157 Å². The summed E-state index contributed by atoms with van der Waals surface area (Å²) < 4.78 is 0. The molecule has 152 valence electrons. The van der Waals surface area contributed by atoms with Crippen molar-refractivity contribution in [2.24, 2.45) is 0 Å². The molecule has 6 nitrogen and oxygen atoms in total. The number of Topliss-reactive ketones (excluding diaryl/α,β-unsaturated/α-hetero) is 3. The van der Waals surface area contributed by atoms with Crippen LogP contribution in [0.2, 0.25) is 0 Å². The first kappa shape index (κ1) is 24.9. The van der Waals surface area contributed by atoms with E-state index in [2.05, 4.69) is 0 Å². The highest BCUT2D eigenvalue weighted by molar-refractivity contribution is 6.11. The number of carbonyl (C=O) groups excluding carboxylic acids is 3. The molecule has 0 bridgehead atoms. The second kappa shape index (κ2) is 13.1. The molecule has 0 amide bonds. The Bertz CT molecular complexity index is 448. The van der Waals surface area contributed by atoms with Crippen LogP contribution in [0.5, 0.6) is 0 Å². The first-order valence-electron chi connectivity index (χ1n) is 9.95. The van der Waals surface area contributed by atoms with Crippen LogP contribution in [0.15, 0.2) is 0 Å². The Kier molecular flexibility index (Phi) is 12.6. The van der Waals surface area contributed by atoms with Gasteiger partial charge in [-0.1, -0.05) is 52.9 Å². The van der Waals surface area contributed by atoms with E-state index >= 15 is 0 Å². The maximum absolute atomic E-state index is 12.5. The monoisotopic (exact) mass is 372 g/mol. The highest BCUT2D eigenvalue weighted by Gasteiger charge is 2.52. The number of hydrogen-bond donors (Lipinski definition) is 3. The molecule has 3 atom stereocenters. The van der Waals surface area contributed by atoms with Crippen molar-refractivity contribution in [3.8, 4) is 0 Å². The fraction of sp³-hybridized carbons (Fsp3) is 0.850. The molecule has 0 aromatic carbocycles. The molecule has 0 aromatic rings. The van der Waals surface area contributed by atoms with E-state index in [9.17, 15) is 29.7 Å². The van der Waals surface area contributed by atoms with Crippen molar-refractivity contribution in [3.63, 3.8) is 0 Å². The molecule has 0 aliphatic rings. The van der Waals surface area contributed by atoms with Crippen molar-refractivity contribution >= 4 is 17.3 Å². The zero-order valence-electron chi connectivity index (χ0n) is 16.5. The van der Waals surface area contributed by atoms with Crippen molar-refractivity contribution < 1.29 is 29.7 Å². The van der Waals surface area contributed by atoms with Gasteiger partial charge in [-0.05, 0) is 19.3 Å². The summed E-state index contributed by atoms with van der Waals surface area (Å²) in [6.07, 6.45) is 1.26. The number of aliphatic hydroxyl groups is 3. The van der Waals surface area contributed by atoms with Gasteiger partial charge in [-0.2, -0.15) is 0 Å². The summed E-state index contributed by atoms with van der Waals surface area (Å²) >= 11 is 0. The molecule has 0 aromatic heterocycles. The summed E-state index contributed by atoms with van der Waals surface area (Å²) in [5.41, 5.74) is -2.72. The van der Waals surface area contributed by atoms with Crippen molar-refractivity contribution in [1.29, 1.82) is 0 Å². The Morgan fingerprint density at radius 2 is 1.15 bits per heavy atom. The van der Waals surface area contributed by atoms with Crippen LogP contribution in [0.1, 0.15) is 91.4 Å². The zero-order valence-corrected chi connectivity index (χ0v) is 16.5. The third-order valence-corrected chi connectivity index (χ3v) is 4.70. The van der Waals surface area contributed by atoms with Crippen molar-refractivity contribution in [3.05, 3.63) is 0 Å². The molecule has 0 spiro atoms.